The molecule has 0 aromatic heterocycles. The third-order valence-electron chi connectivity index (χ3n) is 2.44. The van der Waals surface area contributed by atoms with Crippen LogP contribution in [0.2, 0.25) is 0 Å². The topological polar surface area (TPSA) is 93.8 Å². The minimum atomic E-state index is -0.745. The number of aliphatic hydroxyl groups excluding tert-OH is 1. The number of rotatable bonds is 7. The number of para-hydroxylation sites is 1. The second-order valence-electron chi connectivity index (χ2n) is 3.98. The van der Waals surface area contributed by atoms with Gasteiger partial charge in [-0.25, -0.2) is 0 Å². The van der Waals surface area contributed by atoms with Crippen molar-refractivity contribution in [2.24, 2.45) is 0 Å². The first-order valence-corrected chi connectivity index (χ1v) is 6.06. The van der Waals surface area contributed by atoms with Crippen LogP contribution in [0.25, 0.3) is 0 Å². The summed E-state index contributed by atoms with van der Waals surface area (Å²) in [6, 6.07) is 4.97. The molecule has 0 aliphatic carbocycles. The number of benzene rings is 1. The number of methoxy groups -OCH3 is 1. The van der Waals surface area contributed by atoms with Crippen molar-refractivity contribution in [2.75, 3.05) is 32.6 Å². The number of nitrogens with two attached hydrogens (primary N) is 1. The monoisotopic (exact) mass is 268 g/mol. The van der Waals surface area contributed by atoms with E-state index in [1.165, 1.54) is 7.11 Å². The van der Waals surface area contributed by atoms with E-state index in [1.807, 2.05) is 6.92 Å². The molecule has 1 unspecified atom stereocenters. The number of anilines is 1. The molecule has 0 bridgehead atoms. The maximum Gasteiger partial charge on any atom is 0.255 e. The van der Waals surface area contributed by atoms with E-state index in [4.69, 9.17) is 15.2 Å². The lowest BCUT2D eigenvalue weighted by Gasteiger charge is -2.14. The zero-order valence-corrected chi connectivity index (χ0v) is 11.2. The van der Waals surface area contributed by atoms with Crippen LogP contribution in [0.3, 0.4) is 0 Å². The Bertz CT molecular complexity index is 423. The molecule has 6 heteroatoms. The Balaban J connectivity index is 2.73. The van der Waals surface area contributed by atoms with Gasteiger partial charge in [0.2, 0.25) is 0 Å². The zero-order valence-electron chi connectivity index (χ0n) is 11.2. The summed E-state index contributed by atoms with van der Waals surface area (Å²) in [6.45, 7) is 2.50. The van der Waals surface area contributed by atoms with Gasteiger partial charge in [-0.15, -0.1) is 0 Å². The number of hydrogen-bond donors (Lipinski definition) is 3. The maximum absolute atomic E-state index is 12.0. The summed E-state index contributed by atoms with van der Waals surface area (Å²) < 4.78 is 10.1. The van der Waals surface area contributed by atoms with E-state index in [1.54, 1.807) is 18.2 Å². The highest BCUT2D eigenvalue weighted by Crippen LogP contribution is 2.26. The summed E-state index contributed by atoms with van der Waals surface area (Å²) in [6.07, 6.45) is -0.745. The van der Waals surface area contributed by atoms with Crippen molar-refractivity contribution in [3.05, 3.63) is 23.8 Å². The van der Waals surface area contributed by atoms with Crippen molar-refractivity contribution >= 4 is 11.6 Å². The van der Waals surface area contributed by atoms with Gasteiger partial charge in [-0.2, -0.15) is 0 Å². The number of ether oxygens (including phenoxy) is 2. The fourth-order valence-electron chi connectivity index (χ4n) is 1.60. The number of carbonyl (C=O) groups excluding carboxylic acids is 1. The molecule has 1 aromatic rings. The molecule has 0 aliphatic rings. The summed E-state index contributed by atoms with van der Waals surface area (Å²) in [4.78, 5) is 12.0. The molecule has 6 nitrogen and oxygen atoms in total. The van der Waals surface area contributed by atoms with Gasteiger partial charge in [0.1, 0.15) is 0 Å². The molecule has 19 heavy (non-hydrogen) atoms. The lowest BCUT2D eigenvalue weighted by Crippen LogP contribution is -2.34. The standard InChI is InChI=1S/C13H20N2O4/c1-3-19-12-10(5-4-6-11(12)14)13(17)15-7-9(16)8-18-2/h4-6,9,16H,3,7-8,14H2,1-2H3,(H,15,17). The van der Waals surface area contributed by atoms with E-state index in [2.05, 4.69) is 5.32 Å². The second-order valence-corrected chi connectivity index (χ2v) is 3.98. The Hall–Kier alpha value is -1.79. The fourth-order valence-corrected chi connectivity index (χ4v) is 1.60. The predicted octanol–water partition coefficient (Wildman–Crippen LogP) is 0.405. The Morgan fingerprint density at radius 3 is 2.89 bits per heavy atom. The average Bonchev–Trinajstić information content (AvgIpc) is 2.39. The molecule has 4 N–H and O–H groups in total. The largest absolute Gasteiger partial charge is 0.491 e. The molecule has 0 fully saturated rings. The number of amides is 1. The minimum Gasteiger partial charge on any atom is -0.491 e. The van der Waals surface area contributed by atoms with Crippen molar-refractivity contribution in [1.29, 1.82) is 0 Å². The van der Waals surface area contributed by atoms with Crippen molar-refractivity contribution in [1.82, 2.24) is 5.32 Å². The first-order chi connectivity index (χ1) is 9.10. The Morgan fingerprint density at radius 1 is 1.53 bits per heavy atom. The average molecular weight is 268 g/mol. The maximum atomic E-state index is 12.0. The Kier molecular flexibility index (Phi) is 6.11. The molecule has 106 valence electrons. The van der Waals surface area contributed by atoms with Gasteiger partial charge in [0, 0.05) is 13.7 Å². The first-order valence-electron chi connectivity index (χ1n) is 6.06. The van der Waals surface area contributed by atoms with Crippen LogP contribution in [0.15, 0.2) is 18.2 Å². The number of carbonyl (C=O) groups is 1. The van der Waals surface area contributed by atoms with E-state index in [9.17, 15) is 9.90 Å². The molecule has 1 amide bonds. The number of hydrogen-bond acceptors (Lipinski definition) is 5. The molecule has 1 atom stereocenters. The van der Waals surface area contributed by atoms with Gasteiger partial charge in [-0.3, -0.25) is 4.79 Å². The van der Waals surface area contributed by atoms with Gasteiger partial charge in [0.05, 0.1) is 30.6 Å². The van der Waals surface area contributed by atoms with Crippen molar-refractivity contribution < 1.29 is 19.4 Å². The highest BCUT2D eigenvalue weighted by atomic mass is 16.5. The van der Waals surface area contributed by atoms with Gasteiger partial charge >= 0.3 is 0 Å². The summed E-state index contributed by atoms with van der Waals surface area (Å²) in [7, 11) is 1.48. The summed E-state index contributed by atoms with van der Waals surface area (Å²) in [5, 5.41) is 12.1. The van der Waals surface area contributed by atoms with Crippen LogP contribution in [0.4, 0.5) is 5.69 Å². The predicted molar refractivity (Wildman–Crippen MR) is 72.2 cm³/mol. The van der Waals surface area contributed by atoms with Crippen LogP contribution in [-0.2, 0) is 4.74 Å². The number of aliphatic hydroxyl groups is 1. The van der Waals surface area contributed by atoms with Crippen LogP contribution >= 0.6 is 0 Å². The summed E-state index contributed by atoms with van der Waals surface area (Å²) in [5.74, 6) is 0.0228. The van der Waals surface area contributed by atoms with E-state index < -0.39 is 6.10 Å². The molecule has 0 aliphatic heterocycles. The quantitative estimate of drug-likeness (QED) is 0.622. The third kappa shape index (κ3) is 4.42. The van der Waals surface area contributed by atoms with Gasteiger partial charge in [0.25, 0.3) is 5.91 Å². The van der Waals surface area contributed by atoms with E-state index >= 15 is 0 Å². The molecule has 0 saturated heterocycles. The fraction of sp³-hybridized carbons (Fsp3) is 0.462. The lowest BCUT2D eigenvalue weighted by atomic mass is 10.1. The molecule has 0 heterocycles. The van der Waals surface area contributed by atoms with Crippen LogP contribution in [0, 0.1) is 0 Å². The van der Waals surface area contributed by atoms with Crippen LogP contribution in [0.5, 0.6) is 5.75 Å². The number of nitrogen functional groups attached to an aromatic ring is 1. The highest BCUT2D eigenvalue weighted by molar-refractivity contribution is 5.98. The van der Waals surface area contributed by atoms with Gasteiger partial charge in [-0.05, 0) is 19.1 Å². The lowest BCUT2D eigenvalue weighted by molar-refractivity contribution is 0.0609. The van der Waals surface area contributed by atoms with Gasteiger partial charge in [0.15, 0.2) is 5.75 Å². The van der Waals surface area contributed by atoms with E-state index in [-0.39, 0.29) is 19.1 Å². The molecular formula is C13H20N2O4. The second kappa shape index (κ2) is 7.60. The molecule has 0 spiro atoms. The third-order valence-corrected chi connectivity index (χ3v) is 2.44. The van der Waals surface area contributed by atoms with E-state index in [0.717, 1.165) is 0 Å². The molecule has 1 aromatic carbocycles. The van der Waals surface area contributed by atoms with E-state index in [0.29, 0.717) is 23.6 Å². The molecule has 1 rings (SSSR count). The Morgan fingerprint density at radius 2 is 2.26 bits per heavy atom. The van der Waals surface area contributed by atoms with Crippen molar-refractivity contribution in [3.8, 4) is 5.75 Å². The smallest absolute Gasteiger partial charge is 0.255 e. The SMILES string of the molecule is CCOc1c(N)cccc1C(=O)NCC(O)COC. The summed E-state index contributed by atoms with van der Waals surface area (Å²) in [5.41, 5.74) is 6.54. The zero-order chi connectivity index (χ0) is 14.3. The number of nitrogens with one attached hydrogen (secondary N) is 1. The molecule has 0 saturated carbocycles. The summed E-state index contributed by atoms with van der Waals surface area (Å²) >= 11 is 0. The van der Waals surface area contributed by atoms with Crippen molar-refractivity contribution in [2.45, 2.75) is 13.0 Å². The molecular weight excluding hydrogens is 248 g/mol. The molecule has 0 radical (unpaired) electrons. The Labute approximate surface area is 112 Å². The van der Waals surface area contributed by atoms with Crippen LogP contribution in [0.1, 0.15) is 17.3 Å². The normalized spacial score (nSPS) is 11.9. The first kappa shape index (κ1) is 15.3. The van der Waals surface area contributed by atoms with Crippen LogP contribution < -0.4 is 15.8 Å². The van der Waals surface area contributed by atoms with Crippen LogP contribution in [-0.4, -0.2) is 44.0 Å². The van der Waals surface area contributed by atoms with Gasteiger partial charge < -0.3 is 25.6 Å². The highest BCUT2D eigenvalue weighted by Gasteiger charge is 2.15. The van der Waals surface area contributed by atoms with Gasteiger partial charge in [-0.1, -0.05) is 6.07 Å². The minimum absolute atomic E-state index is 0.104. The van der Waals surface area contributed by atoms with Crippen molar-refractivity contribution in [3.63, 3.8) is 0 Å².